The Kier molecular flexibility index (Phi) is 9.64. The van der Waals surface area contributed by atoms with Gasteiger partial charge in [0.05, 0.1) is 13.2 Å². The van der Waals surface area contributed by atoms with Crippen LogP contribution in [0.3, 0.4) is 0 Å². The van der Waals surface area contributed by atoms with Gasteiger partial charge >= 0.3 is 11.9 Å². The molecule has 0 radical (unpaired) electrons. The van der Waals surface area contributed by atoms with Crippen LogP contribution in [-0.4, -0.2) is 53.6 Å². The number of fused-ring (bicyclic) bond motifs is 1. The van der Waals surface area contributed by atoms with E-state index in [4.69, 9.17) is 20.9 Å². The van der Waals surface area contributed by atoms with E-state index in [-0.39, 0.29) is 43.8 Å². The highest BCUT2D eigenvalue weighted by Gasteiger charge is 2.28. The molecule has 11 nitrogen and oxygen atoms in total. The van der Waals surface area contributed by atoms with Crippen molar-refractivity contribution in [2.45, 2.75) is 64.3 Å². The van der Waals surface area contributed by atoms with Gasteiger partial charge in [-0.3, -0.25) is 9.59 Å². The number of nitrogens with one attached hydrogen (secondary N) is 2. The highest BCUT2D eigenvalue weighted by atomic mass is 16.5. The quantitative estimate of drug-likeness (QED) is 0.310. The molecule has 1 amide bonds. The molecular formula is C26H36N6O5. The summed E-state index contributed by atoms with van der Waals surface area (Å²) in [6, 6.07) is 6.35. The number of ether oxygens (including phenoxy) is 2. The Morgan fingerprint density at radius 2 is 1.78 bits per heavy atom. The van der Waals surface area contributed by atoms with Gasteiger partial charge < -0.3 is 31.6 Å². The molecule has 1 aromatic heterocycles. The number of rotatable bonds is 12. The number of anilines is 3. The van der Waals surface area contributed by atoms with E-state index in [1.54, 1.807) is 26.0 Å². The summed E-state index contributed by atoms with van der Waals surface area (Å²) in [5, 5.41) is 5.94. The molecule has 0 saturated carbocycles. The van der Waals surface area contributed by atoms with E-state index in [1.165, 1.54) is 0 Å². The number of nitrogens with two attached hydrogens (primary N) is 2. The fourth-order valence-electron chi connectivity index (χ4n) is 4.42. The topological polar surface area (TPSA) is 172 Å². The summed E-state index contributed by atoms with van der Waals surface area (Å²) in [6.07, 6.45) is 1.89. The van der Waals surface area contributed by atoms with E-state index in [1.807, 2.05) is 12.1 Å². The molecule has 1 aliphatic heterocycles. The molecule has 2 unspecified atom stereocenters. The molecule has 1 aromatic carbocycles. The van der Waals surface area contributed by atoms with Crippen LogP contribution in [0.25, 0.3) is 0 Å². The van der Waals surface area contributed by atoms with Crippen molar-refractivity contribution in [2.24, 2.45) is 0 Å². The minimum absolute atomic E-state index is 0.000200. The Balaban J connectivity index is 1.57. The van der Waals surface area contributed by atoms with Gasteiger partial charge in [0.25, 0.3) is 5.91 Å². The first-order valence-corrected chi connectivity index (χ1v) is 12.6. The van der Waals surface area contributed by atoms with Gasteiger partial charge in [-0.2, -0.15) is 9.97 Å². The highest BCUT2D eigenvalue weighted by Crippen LogP contribution is 2.38. The Morgan fingerprint density at radius 1 is 1.08 bits per heavy atom. The van der Waals surface area contributed by atoms with Gasteiger partial charge in [0, 0.05) is 30.0 Å². The number of carbonyl (C=O) groups excluding carboxylic acids is 3. The molecule has 2 aromatic rings. The van der Waals surface area contributed by atoms with Crippen molar-refractivity contribution in [1.29, 1.82) is 0 Å². The average Bonchev–Trinajstić information content (AvgIpc) is 3.28. The van der Waals surface area contributed by atoms with Crippen molar-refractivity contribution >= 4 is 35.4 Å². The zero-order valence-electron chi connectivity index (χ0n) is 21.6. The van der Waals surface area contributed by atoms with E-state index in [9.17, 15) is 14.4 Å². The summed E-state index contributed by atoms with van der Waals surface area (Å²) in [5.41, 5.74) is 14.2. The van der Waals surface area contributed by atoms with Crippen LogP contribution in [0.15, 0.2) is 24.3 Å². The number of carbonyl (C=O) groups is 3. The Morgan fingerprint density at radius 3 is 2.46 bits per heavy atom. The van der Waals surface area contributed by atoms with Crippen LogP contribution in [0.1, 0.15) is 79.8 Å². The lowest BCUT2D eigenvalue weighted by molar-refractivity contribution is -0.146. The summed E-state index contributed by atoms with van der Waals surface area (Å²) in [6.45, 7) is 6.69. The molecule has 0 spiro atoms. The van der Waals surface area contributed by atoms with Crippen LogP contribution in [-0.2, 0) is 19.1 Å². The van der Waals surface area contributed by atoms with Gasteiger partial charge in [0.15, 0.2) is 0 Å². The Labute approximate surface area is 216 Å². The van der Waals surface area contributed by atoms with E-state index in [0.29, 0.717) is 17.2 Å². The van der Waals surface area contributed by atoms with Crippen molar-refractivity contribution in [2.75, 3.05) is 36.5 Å². The predicted octanol–water partition coefficient (Wildman–Crippen LogP) is 2.74. The molecule has 200 valence electrons. The van der Waals surface area contributed by atoms with E-state index in [2.05, 4.69) is 27.5 Å². The highest BCUT2D eigenvalue weighted by molar-refractivity contribution is 5.96. The minimum Gasteiger partial charge on any atom is -0.466 e. The maximum atomic E-state index is 12.8. The molecule has 0 bridgehead atoms. The normalized spacial score (nSPS) is 15.7. The lowest BCUT2D eigenvalue weighted by atomic mass is 9.89. The SMILES string of the molecule is CCOC(=O)CC[C@@H](NC(=O)c1ccc(C(C)CCC2CNc3nc(N)nc(N)c32)cc1)C(=O)OCC. The van der Waals surface area contributed by atoms with Gasteiger partial charge in [-0.1, -0.05) is 19.1 Å². The van der Waals surface area contributed by atoms with Crippen LogP contribution >= 0.6 is 0 Å². The largest absolute Gasteiger partial charge is 0.466 e. The minimum atomic E-state index is -0.940. The first kappa shape index (κ1) is 27.7. The summed E-state index contributed by atoms with van der Waals surface area (Å²) < 4.78 is 9.97. The van der Waals surface area contributed by atoms with Crippen LogP contribution in [0.2, 0.25) is 0 Å². The number of hydrogen-bond donors (Lipinski definition) is 4. The number of amides is 1. The molecule has 0 aliphatic carbocycles. The monoisotopic (exact) mass is 512 g/mol. The number of nitrogens with zero attached hydrogens (tertiary/aromatic N) is 2. The number of esters is 2. The zero-order valence-corrected chi connectivity index (χ0v) is 21.6. The maximum absolute atomic E-state index is 12.8. The van der Waals surface area contributed by atoms with E-state index >= 15 is 0 Å². The van der Waals surface area contributed by atoms with Crippen molar-refractivity contribution in [1.82, 2.24) is 15.3 Å². The summed E-state index contributed by atoms with van der Waals surface area (Å²) in [5.74, 6) is 0.318. The lowest BCUT2D eigenvalue weighted by Gasteiger charge is -2.18. The van der Waals surface area contributed by atoms with Crippen LogP contribution < -0.4 is 22.1 Å². The van der Waals surface area contributed by atoms with Gasteiger partial charge in [0.2, 0.25) is 5.95 Å². The van der Waals surface area contributed by atoms with Crippen molar-refractivity contribution in [3.63, 3.8) is 0 Å². The molecule has 0 saturated heterocycles. The average molecular weight is 513 g/mol. The third-order valence-electron chi connectivity index (χ3n) is 6.43. The van der Waals surface area contributed by atoms with Crippen molar-refractivity contribution < 1.29 is 23.9 Å². The number of hydrogen-bond acceptors (Lipinski definition) is 10. The Bertz CT molecular complexity index is 1110. The smallest absolute Gasteiger partial charge is 0.328 e. The Hall–Kier alpha value is -3.89. The molecule has 6 N–H and O–H groups in total. The maximum Gasteiger partial charge on any atom is 0.328 e. The summed E-state index contributed by atoms with van der Waals surface area (Å²) in [4.78, 5) is 45.1. The van der Waals surface area contributed by atoms with Gasteiger partial charge in [-0.25, -0.2) is 4.79 Å². The van der Waals surface area contributed by atoms with Gasteiger partial charge in [0.1, 0.15) is 17.7 Å². The van der Waals surface area contributed by atoms with Crippen LogP contribution in [0.5, 0.6) is 0 Å². The molecule has 1 aliphatic rings. The lowest BCUT2D eigenvalue weighted by Crippen LogP contribution is -2.42. The van der Waals surface area contributed by atoms with E-state index in [0.717, 1.165) is 30.5 Å². The second kappa shape index (κ2) is 12.9. The molecule has 3 rings (SSSR count). The first-order chi connectivity index (χ1) is 17.7. The van der Waals surface area contributed by atoms with Crippen LogP contribution in [0.4, 0.5) is 17.6 Å². The molecule has 37 heavy (non-hydrogen) atoms. The van der Waals surface area contributed by atoms with Gasteiger partial charge in [-0.15, -0.1) is 0 Å². The van der Waals surface area contributed by atoms with E-state index < -0.39 is 23.9 Å². The van der Waals surface area contributed by atoms with Crippen LogP contribution in [0, 0.1) is 0 Å². The second-order valence-electron chi connectivity index (χ2n) is 9.03. The number of nitrogen functional groups attached to an aromatic ring is 2. The fourth-order valence-corrected chi connectivity index (χ4v) is 4.42. The first-order valence-electron chi connectivity index (χ1n) is 12.6. The molecule has 11 heteroatoms. The second-order valence-corrected chi connectivity index (χ2v) is 9.03. The summed E-state index contributed by atoms with van der Waals surface area (Å²) >= 11 is 0. The van der Waals surface area contributed by atoms with Crippen molar-refractivity contribution in [3.8, 4) is 0 Å². The third-order valence-corrected chi connectivity index (χ3v) is 6.43. The third kappa shape index (κ3) is 7.31. The van der Waals surface area contributed by atoms with Gasteiger partial charge in [-0.05, 0) is 56.7 Å². The summed E-state index contributed by atoms with van der Waals surface area (Å²) in [7, 11) is 0. The predicted molar refractivity (Wildman–Crippen MR) is 140 cm³/mol. The molecule has 2 heterocycles. The standard InChI is InChI=1S/C26H36N6O5/c1-4-36-20(33)13-12-19(25(35)37-5-2)30-24(34)17-10-8-16(9-11-17)15(3)6-7-18-14-29-23-21(18)22(27)31-26(28)32-23/h8-11,15,18-19H,4-7,12-14H2,1-3H3,(H,30,34)(H5,27,28,29,31,32)/t15?,18?,19-/m1/s1. The van der Waals surface area contributed by atoms with Crippen molar-refractivity contribution in [3.05, 3.63) is 41.0 Å². The zero-order chi connectivity index (χ0) is 26.9. The molecular weight excluding hydrogens is 476 g/mol. The fraction of sp³-hybridized carbons (Fsp3) is 0.500. The molecule has 3 atom stereocenters. The number of aromatic nitrogens is 2. The number of benzene rings is 1. The molecule has 0 fully saturated rings.